The van der Waals surface area contributed by atoms with E-state index in [2.05, 4.69) is 15.5 Å². The van der Waals surface area contributed by atoms with Crippen LogP contribution in [0.5, 0.6) is 0 Å². The van der Waals surface area contributed by atoms with Gasteiger partial charge in [0.15, 0.2) is 5.69 Å². The maximum atomic E-state index is 12.5. The Morgan fingerprint density at radius 1 is 1.50 bits per heavy atom. The number of nitrogens with one attached hydrogen (secondary N) is 2. The van der Waals surface area contributed by atoms with E-state index in [0.717, 1.165) is 6.54 Å². The third-order valence-corrected chi connectivity index (χ3v) is 3.62. The van der Waals surface area contributed by atoms with Crippen LogP contribution in [-0.2, 0) is 0 Å². The molecule has 0 aliphatic carbocycles. The van der Waals surface area contributed by atoms with E-state index in [4.69, 9.17) is 0 Å². The molecule has 118 valence electrons. The van der Waals surface area contributed by atoms with E-state index in [0.29, 0.717) is 24.0 Å². The number of hydrogen-bond donors (Lipinski definition) is 2. The number of hydrogen-bond acceptors (Lipinski definition) is 5. The molecule has 0 bridgehead atoms. The summed E-state index contributed by atoms with van der Waals surface area (Å²) in [6.45, 7) is 3.94. The molecule has 1 aromatic carbocycles. The van der Waals surface area contributed by atoms with Gasteiger partial charge in [-0.3, -0.25) is 20.0 Å². The van der Waals surface area contributed by atoms with E-state index >= 15 is 0 Å². The molecule has 2 N–H and O–H groups in total. The van der Waals surface area contributed by atoms with Gasteiger partial charge in [0.1, 0.15) is 0 Å². The molecule has 1 saturated heterocycles. The fourth-order valence-electron chi connectivity index (χ4n) is 2.55. The Morgan fingerprint density at radius 3 is 2.95 bits per heavy atom. The highest BCUT2D eigenvalue weighted by atomic mass is 35.5. The Kier molecular flexibility index (Phi) is 4.62. The van der Waals surface area contributed by atoms with Gasteiger partial charge in [-0.1, -0.05) is 0 Å². The first kappa shape index (κ1) is 16.2. The Balaban J connectivity index is 0.00000176. The van der Waals surface area contributed by atoms with Crippen LogP contribution >= 0.6 is 12.4 Å². The lowest BCUT2D eigenvalue weighted by molar-refractivity contribution is -0.384. The summed E-state index contributed by atoms with van der Waals surface area (Å²) in [5.41, 5.74) is 0.807. The lowest BCUT2D eigenvalue weighted by Gasteiger charge is -2.31. The quantitative estimate of drug-likeness (QED) is 0.640. The summed E-state index contributed by atoms with van der Waals surface area (Å²) in [5, 5.41) is 21.4. The molecule has 1 aliphatic rings. The maximum Gasteiger partial charge on any atom is 0.275 e. The minimum atomic E-state index is -0.479. The molecule has 22 heavy (non-hydrogen) atoms. The second-order valence-corrected chi connectivity index (χ2v) is 5.17. The predicted octanol–water partition coefficient (Wildman–Crippen LogP) is 1.33. The number of fused-ring (bicyclic) bond motifs is 1. The van der Waals surface area contributed by atoms with Crippen molar-refractivity contribution in [3.63, 3.8) is 0 Å². The number of nitrogens with zero attached hydrogens (tertiary/aromatic N) is 3. The van der Waals surface area contributed by atoms with E-state index in [9.17, 15) is 14.9 Å². The number of nitro benzene ring substituents is 1. The van der Waals surface area contributed by atoms with Crippen molar-refractivity contribution < 1.29 is 9.72 Å². The summed E-state index contributed by atoms with van der Waals surface area (Å²) in [6.07, 6.45) is 0. The third-order valence-electron chi connectivity index (χ3n) is 3.62. The van der Waals surface area contributed by atoms with Crippen molar-refractivity contribution in [2.75, 3.05) is 19.6 Å². The van der Waals surface area contributed by atoms with Crippen LogP contribution < -0.4 is 5.32 Å². The number of non-ortho nitro benzene ring substituents is 1. The Bertz CT molecular complexity index is 717. The minimum Gasteiger partial charge on any atom is -0.334 e. The molecule has 9 heteroatoms. The zero-order chi connectivity index (χ0) is 15.0. The fourth-order valence-corrected chi connectivity index (χ4v) is 2.55. The molecule has 1 unspecified atom stereocenters. The van der Waals surface area contributed by atoms with Crippen molar-refractivity contribution in [3.05, 3.63) is 34.0 Å². The number of benzene rings is 1. The fraction of sp³-hybridized carbons (Fsp3) is 0.385. The topological polar surface area (TPSA) is 104 Å². The van der Waals surface area contributed by atoms with Gasteiger partial charge in [0.2, 0.25) is 0 Å². The lowest BCUT2D eigenvalue weighted by Crippen LogP contribution is -2.51. The van der Waals surface area contributed by atoms with Gasteiger partial charge in [0.05, 0.1) is 10.4 Å². The van der Waals surface area contributed by atoms with Gasteiger partial charge in [0, 0.05) is 43.2 Å². The zero-order valence-electron chi connectivity index (χ0n) is 11.9. The van der Waals surface area contributed by atoms with E-state index in [1.807, 2.05) is 6.92 Å². The van der Waals surface area contributed by atoms with Crippen molar-refractivity contribution >= 4 is 34.9 Å². The lowest BCUT2D eigenvalue weighted by atomic mass is 10.1. The second kappa shape index (κ2) is 6.29. The van der Waals surface area contributed by atoms with Crippen LogP contribution in [0.3, 0.4) is 0 Å². The molecule has 1 atom stereocenters. The van der Waals surface area contributed by atoms with Gasteiger partial charge in [-0.15, -0.1) is 12.4 Å². The highest BCUT2D eigenvalue weighted by molar-refractivity contribution is 6.05. The van der Waals surface area contributed by atoms with Crippen molar-refractivity contribution in [3.8, 4) is 0 Å². The van der Waals surface area contributed by atoms with Crippen LogP contribution in [0, 0.1) is 10.1 Å². The zero-order valence-corrected chi connectivity index (χ0v) is 12.7. The molecule has 1 aliphatic heterocycles. The van der Waals surface area contributed by atoms with Gasteiger partial charge >= 0.3 is 0 Å². The number of carbonyl (C=O) groups excluding carboxylic acids is 1. The van der Waals surface area contributed by atoms with Gasteiger partial charge in [0.25, 0.3) is 11.6 Å². The normalized spacial score (nSPS) is 18.0. The molecule has 1 fully saturated rings. The molecule has 1 aromatic heterocycles. The van der Waals surface area contributed by atoms with Gasteiger partial charge in [-0.05, 0) is 13.0 Å². The van der Waals surface area contributed by atoms with Gasteiger partial charge < -0.3 is 10.2 Å². The maximum absolute atomic E-state index is 12.5. The molecular formula is C13H16ClN5O3. The van der Waals surface area contributed by atoms with E-state index in [1.165, 1.54) is 12.1 Å². The van der Waals surface area contributed by atoms with Crippen molar-refractivity contribution in [1.82, 2.24) is 20.4 Å². The van der Waals surface area contributed by atoms with Crippen LogP contribution in [0.4, 0.5) is 5.69 Å². The number of nitro groups is 1. The second-order valence-electron chi connectivity index (χ2n) is 5.17. The van der Waals surface area contributed by atoms with Crippen LogP contribution in [0.25, 0.3) is 10.9 Å². The molecule has 0 spiro atoms. The van der Waals surface area contributed by atoms with E-state index in [1.54, 1.807) is 11.0 Å². The molecule has 1 amide bonds. The summed E-state index contributed by atoms with van der Waals surface area (Å²) in [4.78, 5) is 24.7. The summed E-state index contributed by atoms with van der Waals surface area (Å²) in [6, 6.07) is 4.57. The highest BCUT2D eigenvalue weighted by Crippen LogP contribution is 2.23. The SMILES string of the molecule is CC1CN(C(=O)c2n[nH]c3ccc([N+](=O)[O-])cc23)CCN1.Cl. The Morgan fingerprint density at radius 2 is 2.27 bits per heavy atom. The number of halogens is 1. The van der Waals surface area contributed by atoms with Gasteiger partial charge in [-0.25, -0.2) is 0 Å². The molecule has 8 nitrogen and oxygen atoms in total. The molecule has 2 heterocycles. The van der Waals surface area contributed by atoms with Crippen LogP contribution in [0.1, 0.15) is 17.4 Å². The Hall–Kier alpha value is -2.19. The standard InChI is InChI=1S/C13H15N5O3.ClH/c1-8-7-17(5-4-14-8)13(19)12-10-6-9(18(20)21)2-3-11(10)15-16-12;/h2-3,6,8,14H,4-5,7H2,1H3,(H,15,16);1H. The summed E-state index contributed by atoms with van der Waals surface area (Å²) in [5.74, 6) is -0.199. The summed E-state index contributed by atoms with van der Waals surface area (Å²) in [7, 11) is 0. The largest absolute Gasteiger partial charge is 0.334 e. The predicted molar refractivity (Wildman–Crippen MR) is 83.4 cm³/mol. The number of aromatic nitrogens is 2. The summed E-state index contributed by atoms with van der Waals surface area (Å²) < 4.78 is 0. The van der Waals surface area contributed by atoms with E-state index in [-0.39, 0.29) is 35.7 Å². The van der Waals surface area contributed by atoms with Crippen LogP contribution in [0.2, 0.25) is 0 Å². The number of rotatable bonds is 2. The molecule has 0 radical (unpaired) electrons. The first-order valence-electron chi connectivity index (χ1n) is 6.71. The molecule has 0 saturated carbocycles. The minimum absolute atomic E-state index is 0. The van der Waals surface area contributed by atoms with Crippen molar-refractivity contribution in [2.24, 2.45) is 0 Å². The van der Waals surface area contributed by atoms with Crippen LogP contribution in [0.15, 0.2) is 18.2 Å². The van der Waals surface area contributed by atoms with Crippen molar-refractivity contribution in [1.29, 1.82) is 0 Å². The number of H-pyrrole nitrogens is 1. The number of amides is 1. The number of piperazine rings is 1. The average molecular weight is 326 g/mol. The Labute approximate surface area is 132 Å². The monoisotopic (exact) mass is 325 g/mol. The summed E-state index contributed by atoms with van der Waals surface area (Å²) >= 11 is 0. The van der Waals surface area contributed by atoms with Crippen molar-refractivity contribution in [2.45, 2.75) is 13.0 Å². The van der Waals surface area contributed by atoms with E-state index < -0.39 is 4.92 Å². The number of aromatic amines is 1. The average Bonchev–Trinajstić information content (AvgIpc) is 2.89. The molecule has 2 aromatic rings. The highest BCUT2D eigenvalue weighted by Gasteiger charge is 2.25. The number of carbonyl (C=O) groups is 1. The smallest absolute Gasteiger partial charge is 0.275 e. The van der Waals surface area contributed by atoms with Crippen LogP contribution in [-0.4, -0.2) is 51.6 Å². The van der Waals surface area contributed by atoms with Gasteiger partial charge in [-0.2, -0.15) is 5.10 Å². The first-order chi connectivity index (χ1) is 10.1. The third kappa shape index (κ3) is 2.88. The molecule has 3 rings (SSSR count). The first-order valence-corrected chi connectivity index (χ1v) is 6.71. The molecular weight excluding hydrogens is 310 g/mol.